The van der Waals surface area contributed by atoms with Gasteiger partial charge in [0.15, 0.2) is 5.84 Å². The van der Waals surface area contributed by atoms with Gasteiger partial charge in [0.2, 0.25) is 0 Å². The van der Waals surface area contributed by atoms with Gasteiger partial charge in [0.1, 0.15) is 5.82 Å². The van der Waals surface area contributed by atoms with Crippen LogP contribution in [0.3, 0.4) is 0 Å². The molecule has 1 amide bonds. The summed E-state index contributed by atoms with van der Waals surface area (Å²) in [6.07, 6.45) is 0. The summed E-state index contributed by atoms with van der Waals surface area (Å²) in [7, 11) is 0. The number of amidine groups is 1. The number of carbonyl (C=O) groups excluding carboxylic acids is 1. The van der Waals surface area contributed by atoms with E-state index in [9.17, 15) is 9.18 Å². The molecule has 1 aromatic carbocycles. The van der Waals surface area contributed by atoms with Gasteiger partial charge in [-0.3, -0.25) is 4.79 Å². The van der Waals surface area contributed by atoms with E-state index in [1.165, 1.54) is 24.3 Å². The van der Waals surface area contributed by atoms with Gasteiger partial charge in [-0.1, -0.05) is 5.16 Å². The Balaban J connectivity index is 2.83. The lowest BCUT2D eigenvalue weighted by Crippen LogP contribution is -2.53. The molecule has 6 heteroatoms. The zero-order chi connectivity index (χ0) is 13.1. The highest BCUT2D eigenvalue weighted by Crippen LogP contribution is 2.07. The number of carbonyl (C=O) groups is 1. The van der Waals surface area contributed by atoms with Crippen molar-refractivity contribution in [2.24, 2.45) is 10.9 Å². The van der Waals surface area contributed by atoms with Crippen LogP contribution in [0, 0.1) is 5.82 Å². The molecule has 0 atom stereocenters. The predicted molar refractivity (Wildman–Crippen MR) is 61.4 cm³/mol. The lowest BCUT2D eigenvalue weighted by atomic mass is 10.0. The van der Waals surface area contributed by atoms with Crippen molar-refractivity contribution in [2.75, 3.05) is 0 Å². The summed E-state index contributed by atoms with van der Waals surface area (Å²) >= 11 is 0. The maximum atomic E-state index is 12.7. The molecule has 0 saturated carbocycles. The standard InChI is InChI=1S/C11H14FN3O2/c1-11(2,10(13)15-17)14-9(16)7-3-5-8(12)6-4-7/h3-6,17H,1-2H3,(H2,13,15)(H,14,16). The smallest absolute Gasteiger partial charge is 0.252 e. The second kappa shape index (κ2) is 4.82. The van der Waals surface area contributed by atoms with Crippen molar-refractivity contribution in [3.63, 3.8) is 0 Å². The molecule has 1 aromatic rings. The summed E-state index contributed by atoms with van der Waals surface area (Å²) in [6.45, 7) is 3.17. The number of nitrogens with one attached hydrogen (secondary N) is 1. The molecule has 0 aliphatic rings. The van der Waals surface area contributed by atoms with Crippen molar-refractivity contribution in [2.45, 2.75) is 19.4 Å². The Bertz CT molecular complexity index is 441. The summed E-state index contributed by atoms with van der Waals surface area (Å²) in [5, 5.41) is 14.0. The van der Waals surface area contributed by atoms with Crippen LogP contribution in [-0.2, 0) is 0 Å². The fraction of sp³-hybridized carbons (Fsp3) is 0.273. The molecule has 0 radical (unpaired) electrons. The topological polar surface area (TPSA) is 87.7 Å². The average molecular weight is 239 g/mol. The largest absolute Gasteiger partial charge is 0.409 e. The monoisotopic (exact) mass is 239 g/mol. The first kappa shape index (κ1) is 13.0. The summed E-state index contributed by atoms with van der Waals surface area (Å²) in [5.41, 5.74) is 4.74. The number of hydrogen-bond donors (Lipinski definition) is 3. The SMILES string of the molecule is CC(C)(NC(=O)c1ccc(F)cc1)/C(N)=N/O. The van der Waals surface area contributed by atoms with Crippen molar-refractivity contribution in [1.82, 2.24) is 5.32 Å². The third-order valence-electron chi connectivity index (χ3n) is 2.28. The first-order valence-electron chi connectivity index (χ1n) is 4.93. The summed E-state index contributed by atoms with van der Waals surface area (Å²) < 4.78 is 12.7. The zero-order valence-corrected chi connectivity index (χ0v) is 9.57. The maximum Gasteiger partial charge on any atom is 0.252 e. The van der Waals surface area contributed by atoms with E-state index < -0.39 is 17.3 Å². The average Bonchev–Trinajstić information content (AvgIpc) is 2.28. The van der Waals surface area contributed by atoms with Gasteiger partial charge in [0.25, 0.3) is 5.91 Å². The Hall–Kier alpha value is -2.11. The van der Waals surface area contributed by atoms with E-state index in [-0.39, 0.29) is 5.84 Å². The lowest BCUT2D eigenvalue weighted by Gasteiger charge is -2.24. The Morgan fingerprint density at radius 2 is 1.94 bits per heavy atom. The molecular weight excluding hydrogens is 225 g/mol. The highest BCUT2D eigenvalue weighted by atomic mass is 19.1. The van der Waals surface area contributed by atoms with Gasteiger partial charge < -0.3 is 16.3 Å². The summed E-state index contributed by atoms with van der Waals surface area (Å²) in [6, 6.07) is 5.08. The van der Waals surface area contributed by atoms with E-state index in [0.717, 1.165) is 0 Å². The molecule has 1 rings (SSSR count). The van der Waals surface area contributed by atoms with E-state index >= 15 is 0 Å². The van der Waals surface area contributed by atoms with Crippen molar-refractivity contribution in [1.29, 1.82) is 0 Å². The fourth-order valence-electron chi connectivity index (χ4n) is 1.15. The molecule has 0 saturated heterocycles. The molecule has 0 spiro atoms. The number of halogens is 1. The number of benzene rings is 1. The molecular formula is C11H14FN3O2. The molecule has 0 fully saturated rings. The van der Waals surface area contributed by atoms with Crippen LogP contribution >= 0.6 is 0 Å². The zero-order valence-electron chi connectivity index (χ0n) is 9.57. The molecule has 4 N–H and O–H groups in total. The highest BCUT2D eigenvalue weighted by molar-refractivity contribution is 5.99. The van der Waals surface area contributed by atoms with Crippen LogP contribution < -0.4 is 11.1 Å². The van der Waals surface area contributed by atoms with Crippen molar-refractivity contribution >= 4 is 11.7 Å². The van der Waals surface area contributed by atoms with Gasteiger partial charge >= 0.3 is 0 Å². The highest BCUT2D eigenvalue weighted by Gasteiger charge is 2.26. The van der Waals surface area contributed by atoms with E-state index in [4.69, 9.17) is 10.9 Å². The van der Waals surface area contributed by atoms with Crippen LogP contribution in [0.4, 0.5) is 4.39 Å². The van der Waals surface area contributed by atoms with Gasteiger partial charge in [-0.2, -0.15) is 0 Å². The molecule has 0 unspecified atom stereocenters. The molecule has 0 aromatic heterocycles. The quantitative estimate of drug-likeness (QED) is 0.319. The summed E-state index contributed by atoms with van der Waals surface area (Å²) in [5.74, 6) is -0.966. The van der Waals surface area contributed by atoms with Crippen LogP contribution in [0.25, 0.3) is 0 Å². The molecule has 5 nitrogen and oxygen atoms in total. The molecule has 0 heterocycles. The van der Waals surface area contributed by atoms with E-state index in [2.05, 4.69) is 10.5 Å². The second-order valence-corrected chi connectivity index (χ2v) is 4.07. The van der Waals surface area contributed by atoms with Gasteiger partial charge in [-0.25, -0.2) is 4.39 Å². The number of amides is 1. The molecule has 17 heavy (non-hydrogen) atoms. The van der Waals surface area contributed by atoms with E-state index in [1.807, 2.05) is 0 Å². The number of nitrogens with two attached hydrogens (primary N) is 1. The van der Waals surface area contributed by atoms with Crippen LogP contribution in [0.1, 0.15) is 24.2 Å². The van der Waals surface area contributed by atoms with Crippen molar-refractivity contribution in [3.8, 4) is 0 Å². The number of nitrogens with zero attached hydrogens (tertiary/aromatic N) is 1. The third-order valence-corrected chi connectivity index (χ3v) is 2.28. The Morgan fingerprint density at radius 1 is 1.41 bits per heavy atom. The molecule has 0 bridgehead atoms. The lowest BCUT2D eigenvalue weighted by molar-refractivity contribution is 0.0931. The summed E-state index contributed by atoms with van der Waals surface area (Å²) in [4.78, 5) is 11.8. The van der Waals surface area contributed by atoms with Crippen LogP contribution in [0.15, 0.2) is 29.4 Å². The van der Waals surface area contributed by atoms with Crippen LogP contribution in [0.2, 0.25) is 0 Å². The van der Waals surface area contributed by atoms with Crippen LogP contribution in [-0.4, -0.2) is 22.5 Å². The minimum atomic E-state index is -0.986. The molecule has 0 aliphatic heterocycles. The van der Waals surface area contributed by atoms with Crippen molar-refractivity contribution < 1.29 is 14.4 Å². The van der Waals surface area contributed by atoms with Crippen LogP contribution in [0.5, 0.6) is 0 Å². The minimum Gasteiger partial charge on any atom is -0.409 e. The van der Waals surface area contributed by atoms with Gasteiger partial charge in [0, 0.05) is 5.56 Å². The third kappa shape index (κ3) is 3.17. The first-order chi connectivity index (χ1) is 7.86. The molecule has 92 valence electrons. The second-order valence-electron chi connectivity index (χ2n) is 4.07. The number of rotatable bonds is 3. The molecule has 0 aliphatic carbocycles. The predicted octanol–water partition coefficient (Wildman–Crippen LogP) is 1.08. The Kier molecular flexibility index (Phi) is 3.67. The first-order valence-corrected chi connectivity index (χ1v) is 4.93. The van der Waals surface area contributed by atoms with Crippen molar-refractivity contribution in [3.05, 3.63) is 35.6 Å². The Labute approximate surface area is 98.1 Å². The fourth-order valence-corrected chi connectivity index (χ4v) is 1.15. The number of hydrogen-bond acceptors (Lipinski definition) is 3. The van der Waals surface area contributed by atoms with Gasteiger partial charge in [-0.05, 0) is 38.1 Å². The van der Waals surface area contributed by atoms with Gasteiger partial charge in [0.05, 0.1) is 5.54 Å². The minimum absolute atomic E-state index is 0.118. The Morgan fingerprint density at radius 3 is 2.41 bits per heavy atom. The van der Waals surface area contributed by atoms with Gasteiger partial charge in [-0.15, -0.1) is 0 Å². The van der Waals surface area contributed by atoms with E-state index in [0.29, 0.717) is 5.56 Å². The van der Waals surface area contributed by atoms with E-state index in [1.54, 1.807) is 13.8 Å². The number of oxime groups is 1. The maximum absolute atomic E-state index is 12.7. The normalized spacial score (nSPS) is 12.3.